The van der Waals surface area contributed by atoms with Crippen molar-refractivity contribution in [1.29, 1.82) is 0 Å². The smallest absolute Gasteiger partial charge is 0.174 e. The number of benzene rings is 1. The molecule has 2 saturated carbocycles. The second kappa shape index (κ2) is 2.93. The molecule has 2 aliphatic heterocycles. The number of fused-ring (bicyclic) bond motifs is 1. The number of likely N-dealkylation sites (tertiary alicyclic amines) is 1. The third-order valence-electron chi connectivity index (χ3n) is 7.16. The number of ether oxygens (including phenoxy) is 2. The standard InChI is InChI=1S/C17H17NO4/c1-18-14-16(18)7-15-11-8(16)3-4-10(21-2)12(11)22-13(15)9(19)5-6-17(14,15)20/h3-4,13-14,20H,5-7H2,1-2H3. The van der Waals surface area contributed by atoms with Crippen LogP contribution in [-0.2, 0) is 15.7 Å². The van der Waals surface area contributed by atoms with Crippen molar-refractivity contribution in [2.45, 2.75) is 48.0 Å². The summed E-state index contributed by atoms with van der Waals surface area (Å²) in [5.74, 6) is 1.48. The number of piperidine rings is 1. The number of methoxy groups -OCH3 is 1. The largest absolute Gasteiger partial charge is 0.493 e. The van der Waals surface area contributed by atoms with E-state index >= 15 is 0 Å². The van der Waals surface area contributed by atoms with Crippen LogP contribution >= 0.6 is 0 Å². The van der Waals surface area contributed by atoms with Gasteiger partial charge in [0.25, 0.3) is 0 Å². The Morgan fingerprint density at radius 3 is 3.05 bits per heavy atom. The van der Waals surface area contributed by atoms with Gasteiger partial charge in [0.1, 0.15) is 0 Å². The molecule has 22 heavy (non-hydrogen) atoms. The van der Waals surface area contributed by atoms with Gasteiger partial charge in [-0.25, -0.2) is 0 Å². The third-order valence-corrected chi connectivity index (χ3v) is 7.16. The van der Waals surface area contributed by atoms with Crippen molar-refractivity contribution in [3.63, 3.8) is 0 Å². The number of hydrogen-bond donors (Lipinski definition) is 1. The molecule has 5 nitrogen and oxygen atoms in total. The molecule has 0 amide bonds. The summed E-state index contributed by atoms with van der Waals surface area (Å²) >= 11 is 0. The molecule has 3 fully saturated rings. The predicted octanol–water partition coefficient (Wildman–Crippen LogP) is 0.715. The number of carbonyl (C=O) groups excluding carboxylic acids is 1. The quantitative estimate of drug-likeness (QED) is 0.774. The topological polar surface area (TPSA) is 58.8 Å². The molecule has 6 atom stereocenters. The van der Waals surface area contributed by atoms with Gasteiger partial charge in [-0.15, -0.1) is 0 Å². The maximum atomic E-state index is 12.5. The van der Waals surface area contributed by atoms with E-state index < -0.39 is 17.1 Å². The fourth-order valence-electron chi connectivity index (χ4n) is 6.43. The van der Waals surface area contributed by atoms with Crippen LogP contribution in [0.1, 0.15) is 30.4 Å². The number of aliphatic hydroxyl groups is 1. The molecule has 0 aromatic heterocycles. The monoisotopic (exact) mass is 299 g/mol. The lowest BCUT2D eigenvalue weighted by molar-refractivity contribution is -0.148. The zero-order valence-electron chi connectivity index (χ0n) is 12.5. The second-order valence-corrected chi connectivity index (χ2v) is 7.49. The Labute approximate surface area is 127 Å². The van der Waals surface area contributed by atoms with E-state index in [0.717, 1.165) is 12.0 Å². The van der Waals surface area contributed by atoms with Crippen LogP contribution < -0.4 is 9.47 Å². The number of hydrogen-bond acceptors (Lipinski definition) is 5. The molecule has 6 rings (SSSR count). The van der Waals surface area contributed by atoms with Crippen molar-refractivity contribution >= 4 is 5.78 Å². The summed E-state index contributed by atoms with van der Waals surface area (Å²) < 4.78 is 11.5. The normalized spacial score (nSPS) is 51.4. The van der Waals surface area contributed by atoms with Crippen molar-refractivity contribution in [2.75, 3.05) is 14.2 Å². The molecule has 1 aromatic rings. The molecule has 2 bridgehead atoms. The summed E-state index contributed by atoms with van der Waals surface area (Å²) in [6.07, 6.45) is 1.19. The fraction of sp³-hybridized carbons (Fsp3) is 0.588. The molecule has 1 aromatic carbocycles. The molecule has 2 spiro atoms. The van der Waals surface area contributed by atoms with Gasteiger partial charge in [-0.2, -0.15) is 0 Å². The van der Waals surface area contributed by atoms with Crippen molar-refractivity contribution in [3.8, 4) is 11.5 Å². The first-order valence-electron chi connectivity index (χ1n) is 7.89. The minimum Gasteiger partial charge on any atom is -0.493 e. The Morgan fingerprint density at radius 2 is 2.27 bits per heavy atom. The highest BCUT2D eigenvalue weighted by molar-refractivity contribution is 5.92. The Balaban J connectivity index is 1.75. The molecule has 0 radical (unpaired) electrons. The van der Waals surface area contributed by atoms with Crippen LogP contribution in [0.15, 0.2) is 12.1 Å². The van der Waals surface area contributed by atoms with Crippen LogP contribution in [0.3, 0.4) is 0 Å². The van der Waals surface area contributed by atoms with Gasteiger partial charge in [0.15, 0.2) is 23.4 Å². The van der Waals surface area contributed by atoms with Gasteiger partial charge in [-0.3, -0.25) is 9.69 Å². The number of carbonyl (C=O) groups is 1. The number of likely N-dealkylation sites (N-methyl/N-ethyl adjacent to an activating group) is 1. The second-order valence-electron chi connectivity index (χ2n) is 7.49. The average Bonchev–Trinajstić information content (AvgIpc) is 2.83. The summed E-state index contributed by atoms with van der Waals surface area (Å²) in [6.45, 7) is 0. The lowest BCUT2D eigenvalue weighted by Crippen LogP contribution is -2.64. The van der Waals surface area contributed by atoms with Crippen LogP contribution in [0.5, 0.6) is 11.5 Å². The first-order valence-corrected chi connectivity index (χ1v) is 7.89. The summed E-state index contributed by atoms with van der Waals surface area (Å²) in [5, 5.41) is 11.6. The molecule has 5 aliphatic rings. The Hall–Kier alpha value is -1.59. The molecule has 1 N–H and O–H groups in total. The molecular weight excluding hydrogens is 282 g/mol. The summed E-state index contributed by atoms with van der Waals surface area (Å²) in [7, 11) is 3.70. The van der Waals surface area contributed by atoms with Gasteiger partial charge in [0, 0.05) is 12.0 Å². The summed E-state index contributed by atoms with van der Waals surface area (Å²) in [6, 6.07) is 4.16. The van der Waals surface area contributed by atoms with Crippen LogP contribution in [0.25, 0.3) is 0 Å². The van der Waals surface area contributed by atoms with E-state index in [9.17, 15) is 9.90 Å². The van der Waals surface area contributed by atoms with Gasteiger partial charge in [-0.1, -0.05) is 6.07 Å². The lowest BCUT2D eigenvalue weighted by atomic mass is 9.59. The SMILES string of the molecule is COc1ccc2c3c1OC1C(=O)CCC4(O)C5N(C)C25CC314. The van der Waals surface area contributed by atoms with Crippen molar-refractivity contribution in [3.05, 3.63) is 23.3 Å². The number of Topliss-reactive ketones (excluding diaryl/α,β-unsaturated/α-hetero) is 1. The molecule has 114 valence electrons. The maximum Gasteiger partial charge on any atom is 0.174 e. The zero-order chi connectivity index (χ0) is 15.1. The van der Waals surface area contributed by atoms with E-state index in [0.29, 0.717) is 24.3 Å². The first kappa shape index (κ1) is 11.9. The van der Waals surface area contributed by atoms with E-state index in [2.05, 4.69) is 18.0 Å². The van der Waals surface area contributed by atoms with E-state index in [1.807, 2.05) is 6.07 Å². The van der Waals surface area contributed by atoms with Gasteiger partial charge < -0.3 is 14.6 Å². The molecular formula is C17H17NO4. The van der Waals surface area contributed by atoms with Crippen molar-refractivity contribution < 1.29 is 19.4 Å². The summed E-state index contributed by atoms with van der Waals surface area (Å²) in [5.41, 5.74) is 0.771. The van der Waals surface area contributed by atoms with Gasteiger partial charge >= 0.3 is 0 Å². The predicted molar refractivity (Wildman–Crippen MR) is 76.1 cm³/mol. The highest BCUT2D eigenvalue weighted by Crippen LogP contribution is 2.81. The van der Waals surface area contributed by atoms with Crippen LogP contribution in [-0.4, -0.2) is 47.7 Å². The van der Waals surface area contributed by atoms with E-state index in [1.54, 1.807) is 7.11 Å². The number of nitrogens with zero attached hydrogens (tertiary/aromatic N) is 1. The molecule has 5 heteroatoms. The minimum atomic E-state index is -0.856. The molecule has 3 aliphatic carbocycles. The Kier molecular flexibility index (Phi) is 1.58. The number of rotatable bonds is 1. The van der Waals surface area contributed by atoms with Crippen molar-refractivity contribution in [1.82, 2.24) is 4.90 Å². The van der Waals surface area contributed by atoms with E-state index in [1.165, 1.54) is 5.56 Å². The first-order chi connectivity index (χ1) is 10.5. The fourth-order valence-corrected chi connectivity index (χ4v) is 6.43. The van der Waals surface area contributed by atoms with Crippen LogP contribution in [0, 0.1) is 0 Å². The molecule has 6 unspecified atom stereocenters. The van der Waals surface area contributed by atoms with Gasteiger partial charge in [0.05, 0.1) is 29.7 Å². The zero-order valence-corrected chi connectivity index (χ0v) is 12.5. The highest BCUT2D eigenvalue weighted by atomic mass is 16.5. The van der Waals surface area contributed by atoms with E-state index in [-0.39, 0.29) is 17.4 Å². The van der Waals surface area contributed by atoms with Gasteiger partial charge in [-0.05, 0) is 31.5 Å². The Bertz CT molecular complexity index is 791. The highest BCUT2D eigenvalue weighted by Gasteiger charge is 2.91. The van der Waals surface area contributed by atoms with Gasteiger partial charge in [0.2, 0.25) is 0 Å². The van der Waals surface area contributed by atoms with Crippen molar-refractivity contribution in [2.24, 2.45) is 0 Å². The van der Waals surface area contributed by atoms with E-state index in [4.69, 9.17) is 9.47 Å². The third kappa shape index (κ3) is 0.783. The van der Waals surface area contributed by atoms with Crippen LogP contribution in [0.4, 0.5) is 0 Å². The average molecular weight is 299 g/mol. The van der Waals surface area contributed by atoms with Crippen LogP contribution in [0.2, 0.25) is 0 Å². The minimum absolute atomic E-state index is 0.0994. The summed E-state index contributed by atoms with van der Waals surface area (Å²) in [4.78, 5) is 14.8. The molecule has 2 heterocycles. The maximum absolute atomic E-state index is 12.5. The Morgan fingerprint density at radius 1 is 1.45 bits per heavy atom. The molecule has 1 saturated heterocycles. The number of ketones is 1. The lowest BCUT2D eigenvalue weighted by Gasteiger charge is -2.47.